The van der Waals surface area contributed by atoms with Crippen LogP contribution in [0.1, 0.15) is 57.1 Å². The molecular weight excluding hydrogens is 482 g/mol. The van der Waals surface area contributed by atoms with Crippen LogP contribution in [0.4, 0.5) is 0 Å². The van der Waals surface area contributed by atoms with Gasteiger partial charge in [-0.25, -0.2) is 4.79 Å². The summed E-state index contributed by atoms with van der Waals surface area (Å²) in [5, 5.41) is 12.5. The average Bonchev–Trinajstić information content (AvgIpc) is 3.42. The second-order valence-electron chi connectivity index (χ2n) is 10.1. The molecule has 1 amide bonds. The molecule has 1 aliphatic heterocycles. The highest BCUT2D eigenvalue weighted by Gasteiger charge is 2.58. The zero-order chi connectivity index (χ0) is 26.1. The number of hydrogen-bond acceptors (Lipinski definition) is 4. The number of benzene rings is 2. The van der Waals surface area contributed by atoms with Crippen molar-refractivity contribution in [1.82, 2.24) is 4.90 Å². The molecule has 0 spiro atoms. The molecule has 3 aromatic rings. The summed E-state index contributed by atoms with van der Waals surface area (Å²) in [4.78, 5) is 43.5. The van der Waals surface area contributed by atoms with Crippen molar-refractivity contribution in [2.24, 2.45) is 11.8 Å². The fraction of sp³-hybridized carbons (Fsp3) is 0.323. The largest absolute Gasteiger partial charge is 0.480 e. The number of ketones is 1. The molecule has 1 aromatic heterocycles. The zero-order valence-corrected chi connectivity index (χ0v) is 21.9. The van der Waals surface area contributed by atoms with Crippen LogP contribution >= 0.6 is 11.3 Å². The van der Waals surface area contributed by atoms with Gasteiger partial charge in [0.2, 0.25) is 5.91 Å². The number of aliphatic carboxylic acids is 1. The van der Waals surface area contributed by atoms with Gasteiger partial charge in [0.1, 0.15) is 6.04 Å². The molecule has 37 heavy (non-hydrogen) atoms. The van der Waals surface area contributed by atoms with Gasteiger partial charge in [0.25, 0.3) is 0 Å². The number of amides is 1. The molecule has 1 aliphatic carbocycles. The quantitative estimate of drug-likeness (QED) is 0.386. The van der Waals surface area contributed by atoms with Gasteiger partial charge in [0, 0.05) is 22.3 Å². The maximum atomic E-state index is 14.3. The van der Waals surface area contributed by atoms with Crippen molar-refractivity contribution in [3.63, 3.8) is 0 Å². The number of nitrogens with zero attached hydrogens (tertiary/aromatic N) is 1. The third-order valence-corrected chi connectivity index (χ3v) is 9.00. The van der Waals surface area contributed by atoms with Crippen molar-refractivity contribution < 1.29 is 19.5 Å². The first-order valence-electron chi connectivity index (χ1n) is 12.8. The Balaban J connectivity index is 1.70. The first kappa shape index (κ1) is 25.2. The fourth-order valence-electron chi connectivity index (χ4n) is 5.73. The van der Waals surface area contributed by atoms with Crippen LogP contribution in [-0.4, -0.2) is 39.7 Å². The van der Waals surface area contributed by atoms with Crippen molar-refractivity contribution in [3.8, 4) is 0 Å². The van der Waals surface area contributed by atoms with Crippen LogP contribution in [0, 0.1) is 25.7 Å². The lowest BCUT2D eigenvalue weighted by atomic mass is 9.79. The van der Waals surface area contributed by atoms with Crippen molar-refractivity contribution >= 4 is 35.1 Å². The summed E-state index contributed by atoms with van der Waals surface area (Å²) in [5.74, 6) is -2.88. The summed E-state index contributed by atoms with van der Waals surface area (Å²) in [6.07, 6.45) is 6.27. The van der Waals surface area contributed by atoms with E-state index >= 15 is 0 Å². The lowest BCUT2D eigenvalue weighted by Gasteiger charge is -2.35. The first-order valence-corrected chi connectivity index (χ1v) is 13.7. The molecule has 2 heterocycles. The summed E-state index contributed by atoms with van der Waals surface area (Å²) in [5.41, 5.74) is 3.30. The predicted octanol–water partition coefficient (Wildman–Crippen LogP) is 6.13. The van der Waals surface area contributed by atoms with E-state index in [-0.39, 0.29) is 17.6 Å². The van der Waals surface area contributed by atoms with Crippen LogP contribution in [0.3, 0.4) is 0 Å². The number of Topliss-reactive ketones (excluding diaryl/α,β-unsaturated/α-hetero) is 1. The molecule has 4 atom stereocenters. The lowest BCUT2D eigenvalue weighted by molar-refractivity contribution is -0.152. The van der Waals surface area contributed by atoms with E-state index in [0.717, 1.165) is 40.8 Å². The van der Waals surface area contributed by atoms with E-state index < -0.39 is 29.9 Å². The molecule has 1 N–H and O–H groups in total. The fourth-order valence-corrected chi connectivity index (χ4v) is 6.83. The number of rotatable bonds is 7. The minimum absolute atomic E-state index is 0.117. The third-order valence-electron chi connectivity index (χ3n) is 7.88. The molecule has 5 nitrogen and oxygen atoms in total. The minimum Gasteiger partial charge on any atom is -0.480 e. The Hall–Kier alpha value is -3.51. The van der Waals surface area contributed by atoms with Crippen molar-refractivity contribution in [3.05, 3.63) is 99.3 Å². The van der Waals surface area contributed by atoms with Gasteiger partial charge in [-0.2, -0.15) is 0 Å². The van der Waals surface area contributed by atoms with E-state index in [0.29, 0.717) is 5.56 Å². The molecular formula is C31H31NO4S. The molecule has 5 rings (SSSR count). The normalized spacial score (nSPS) is 23.8. The molecule has 1 saturated heterocycles. The predicted molar refractivity (Wildman–Crippen MR) is 146 cm³/mol. The van der Waals surface area contributed by atoms with E-state index in [4.69, 9.17) is 0 Å². The number of likely N-dealkylation sites (tertiary alicyclic amines) is 1. The molecule has 0 radical (unpaired) electrons. The standard InChI is InChI=1S/C31H31NO4S/c1-19-9-6-7-14-23(19)28(33)25-24(16-15-21-10-4-3-5-11-21)32(30(34)22-12-8-13-22)27(31(35)36)26(25)29-20(2)17-18-37-29/h3-7,9-11,14-18,22,24-27H,8,12-13H2,1-2H3,(H,35,36). The Morgan fingerprint density at radius 1 is 0.946 bits per heavy atom. The average molecular weight is 514 g/mol. The van der Waals surface area contributed by atoms with Gasteiger partial charge in [0.15, 0.2) is 5.78 Å². The molecule has 2 fully saturated rings. The monoisotopic (exact) mass is 513 g/mol. The van der Waals surface area contributed by atoms with Crippen LogP contribution in [0.25, 0.3) is 6.08 Å². The zero-order valence-electron chi connectivity index (χ0n) is 21.0. The molecule has 2 aromatic carbocycles. The maximum absolute atomic E-state index is 14.3. The van der Waals surface area contributed by atoms with Crippen LogP contribution in [0.15, 0.2) is 72.1 Å². The van der Waals surface area contributed by atoms with E-state index in [1.807, 2.05) is 86.0 Å². The number of hydrogen-bond donors (Lipinski definition) is 1. The van der Waals surface area contributed by atoms with Gasteiger partial charge in [-0.05, 0) is 54.8 Å². The highest BCUT2D eigenvalue weighted by Crippen LogP contribution is 2.49. The SMILES string of the molecule is Cc1ccccc1C(=O)C1C(c2sccc2C)C(C(=O)O)N(C(=O)C2CCC2)C1C=Cc1ccccc1. The number of thiophene rings is 1. The van der Waals surface area contributed by atoms with E-state index in [9.17, 15) is 19.5 Å². The summed E-state index contributed by atoms with van der Waals surface area (Å²) in [7, 11) is 0. The van der Waals surface area contributed by atoms with Crippen LogP contribution < -0.4 is 0 Å². The smallest absolute Gasteiger partial charge is 0.327 e. The third kappa shape index (κ3) is 4.66. The summed E-state index contributed by atoms with van der Waals surface area (Å²) < 4.78 is 0. The molecule has 1 saturated carbocycles. The van der Waals surface area contributed by atoms with Crippen molar-refractivity contribution in [2.75, 3.05) is 0 Å². The van der Waals surface area contributed by atoms with Crippen LogP contribution in [0.5, 0.6) is 0 Å². The van der Waals surface area contributed by atoms with Crippen molar-refractivity contribution in [1.29, 1.82) is 0 Å². The number of carboxylic acid groups (broad SMARTS) is 1. The van der Waals surface area contributed by atoms with E-state index in [1.165, 1.54) is 16.2 Å². The van der Waals surface area contributed by atoms with Crippen LogP contribution in [0.2, 0.25) is 0 Å². The molecule has 6 heteroatoms. The van der Waals surface area contributed by atoms with Crippen LogP contribution in [-0.2, 0) is 9.59 Å². The molecule has 0 bridgehead atoms. The first-order chi connectivity index (χ1) is 17.9. The van der Waals surface area contributed by atoms with Gasteiger partial charge in [-0.1, -0.05) is 73.2 Å². The Morgan fingerprint density at radius 2 is 1.65 bits per heavy atom. The Morgan fingerprint density at radius 3 is 2.24 bits per heavy atom. The van der Waals surface area contributed by atoms with Crippen molar-refractivity contribution in [2.45, 2.75) is 51.1 Å². The summed E-state index contributed by atoms with van der Waals surface area (Å²) >= 11 is 1.47. The van der Waals surface area contributed by atoms with E-state index in [1.54, 1.807) is 6.07 Å². The van der Waals surface area contributed by atoms with Gasteiger partial charge in [0.05, 0.1) is 12.0 Å². The maximum Gasteiger partial charge on any atom is 0.327 e. The lowest BCUT2D eigenvalue weighted by Crippen LogP contribution is -2.49. The topological polar surface area (TPSA) is 74.7 Å². The minimum atomic E-state index is -1.12. The number of carbonyl (C=O) groups excluding carboxylic acids is 2. The number of carboxylic acids is 1. The van der Waals surface area contributed by atoms with E-state index in [2.05, 4.69) is 0 Å². The number of carbonyl (C=O) groups is 3. The summed E-state index contributed by atoms with van der Waals surface area (Å²) in [6, 6.07) is 17.3. The second kappa shape index (κ2) is 10.5. The Bertz CT molecular complexity index is 1340. The summed E-state index contributed by atoms with van der Waals surface area (Å²) in [6.45, 7) is 3.85. The highest BCUT2D eigenvalue weighted by molar-refractivity contribution is 7.10. The second-order valence-corrected chi connectivity index (χ2v) is 11.1. The van der Waals surface area contributed by atoms with Gasteiger partial charge < -0.3 is 10.0 Å². The molecule has 190 valence electrons. The Kier molecular flexibility index (Phi) is 7.11. The number of aryl methyl sites for hydroxylation is 2. The molecule has 4 unspecified atom stereocenters. The Labute approximate surface area is 221 Å². The van der Waals surface area contributed by atoms with Gasteiger partial charge in [-0.3, -0.25) is 9.59 Å². The van der Waals surface area contributed by atoms with Gasteiger partial charge >= 0.3 is 5.97 Å². The highest BCUT2D eigenvalue weighted by atomic mass is 32.1. The van der Waals surface area contributed by atoms with Gasteiger partial charge in [-0.15, -0.1) is 11.3 Å². The molecule has 2 aliphatic rings.